The number of nitrogens with zero attached hydrogens (tertiary/aromatic N) is 2. The van der Waals surface area contributed by atoms with E-state index in [1.54, 1.807) is 11.8 Å². The number of rotatable bonds is 4. The van der Waals surface area contributed by atoms with E-state index in [1.807, 2.05) is 49.4 Å². The molecule has 110 valence electrons. The lowest BCUT2D eigenvalue weighted by atomic mass is 10.1. The predicted octanol–water partition coefficient (Wildman–Crippen LogP) is 2.58. The van der Waals surface area contributed by atoms with Crippen LogP contribution in [0.2, 0.25) is 0 Å². The third kappa shape index (κ3) is 2.81. The van der Waals surface area contributed by atoms with Crippen molar-refractivity contribution in [2.24, 2.45) is 16.8 Å². The number of fused-ring (bicyclic) bond motifs is 1. The van der Waals surface area contributed by atoms with Gasteiger partial charge in [-0.25, -0.2) is 0 Å². The van der Waals surface area contributed by atoms with Crippen molar-refractivity contribution >= 4 is 28.2 Å². The Morgan fingerprint density at radius 2 is 1.95 bits per heavy atom. The zero-order valence-electron chi connectivity index (χ0n) is 12.2. The van der Waals surface area contributed by atoms with Crippen LogP contribution in [0.1, 0.15) is 13.8 Å². The minimum absolute atomic E-state index is 0.0845. The van der Waals surface area contributed by atoms with Crippen LogP contribution in [0.25, 0.3) is 10.8 Å². The van der Waals surface area contributed by atoms with Crippen LogP contribution in [0.4, 0.5) is 5.69 Å². The number of carbonyl (C=O) groups is 1. The van der Waals surface area contributed by atoms with Gasteiger partial charge in [-0.2, -0.15) is 0 Å². The molecule has 0 aliphatic heterocycles. The number of carbonyl (C=O) groups excluding carboxylic acids is 1. The molecule has 2 aromatic carbocycles. The maximum Gasteiger partial charge on any atom is 0.237 e. The number of amides is 1. The van der Waals surface area contributed by atoms with Gasteiger partial charge >= 0.3 is 0 Å². The van der Waals surface area contributed by atoms with Gasteiger partial charge in [0, 0.05) is 11.9 Å². The van der Waals surface area contributed by atoms with Crippen molar-refractivity contribution in [1.82, 2.24) is 0 Å². The van der Waals surface area contributed by atoms with E-state index in [4.69, 9.17) is 10.9 Å². The van der Waals surface area contributed by atoms with Crippen molar-refractivity contribution in [2.75, 3.05) is 11.4 Å². The average molecular weight is 285 g/mol. The summed E-state index contributed by atoms with van der Waals surface area (Å²) in [7, 11) is 0. The maximum absolute atomic E-state index is 12.6. The Balaban J connectivity index is 2.47. The van der Waals surface area contributed by atoms with Crippen LogP contribution < -0.4 is 10.6 Å². The molecule has 0 radical (unpaired) electrons. The van der Waals surface area contributed by atoms with E-state index in [0.717, 1.165) is 16.5 Å². The van der Waals surface area contributed by atoms with Gasteiger partial charge in [-0.1, -0.05) is 41.6 Å². The molecule has 0 fully saturated rings. The van der Waals surface area contributed by atoms with Gasteiger partial charge in [0.15, 0.2) is 5.84 Å². The highest BCUT2D eigenvalue weighted by atomic mass is 16.4. The third-order valence-corrected chi connectivity index (χ3v) is 3.57. The van der Waals surface area contributed by atoms with Crippen molar-refractivity contribution in [3.05, 3.63) is 42.5 Å². The fourth-order valence-corrected chi connectivity index (χ4v) is 2.34. The predicted molar refractivity (Wildman–Crippen MR) is 84.5 cm³/mol. The van der Waals surface area contributed by atoms with Crippen molar-refractivity contribution < 1.29 is 10.0 Å². The molecule has 0 aromatic heterocycles. The van der Waals surface area contributed by atoms with Gasteiger partial charge in [-0.05, 0) is 25.3 Å². The van der Waals surface area contributed by atoms with Gasteiger partial charge in [0.2, 0.25) is 5.91 Å². The minimum Gasteiger partial charge on any atom is -0.409 e. The number of benzene rings is 2. The van der Waals surface area contributed by atoms with Gasteiger partial charge in [-0.3, -0.25) is 4.79 Å². The Kier molecular flexibility index (Phi) is 4.42. The summed E-state index contributed by atoms with van der Waals surface area (Å²) in [6.45, 7) is 4.04. The molecule has 1 unspecified atom stereocenters. The van der Waals surface area contributed by atoms with Crippen molar-refractivity contribution in [2.45, 2.75) is 13.8 Å². The van der Waals surface area contributed by atoms with Crippen molar-refractivity contribution in [3.63, 3.8) is 0 Å². The molecule has 3 N–H and O–H groups in total. The first-order chi connectivity index (χ1) is 10.1. The quantitative estimate of drug-likeness (QED) is 0.392. The van der Waals surface area contributed by atoms with Gasteiger partial charge in [-0.15, -0.1) is 0 Å². The topological polar surface area (TPSA) is 78.9 Å². The maximum atomic E-state index is 12.6. The van der Waals surface area contributed by atoms with E-state index in [9.17, 15) is 4.79 Å². The summed E-state index contributed by atoms with van der Waals surface area (Å²) in [6.07, 6.45) is 0. The molecule has 0 bridgehead atoms. The zero-order valence-corrected chi connectivity index (χ0v) is 12.2. The van der Waals surface area contributed by atoms with Gasteiger partial charge in [0.25, 0.3) is 0 Å². The molecule has 5 heteroatoms. The number of anilines is 1. The molecule has 0 aliphatic carbocycles. The van der Waals surface area contributed by atoms with Crippen LogP contribution in [-0.4, -0.2) is 23.5 Å². The van der Waals surface area contributed by atoms with Crippen LogP contribution in [0.3, 0.4) is 0 Å². The molecular weight excluding hydrogens is 266 g/mol. The van der Waals surface area contributed by atoms with E-state index in [0.29, 0.717) is 6.54 Å². The van der Waals surface area contributed by atoms with Crippen molar-refractivity contribution in [3.8, 4) is 0 Å². The van der Waals surface area contributed by atoms with E-state index in [-0.39, 0.29) is 11.7 Å². The van der Waals surface area contributed by atoms with Crippen LogP contribution in [0.15, 0.2) is 47.6 Å². The zero-order chi connectivity index (χ0) is 15.4. The second kappa shape index (κ2) is 6.26. The summed E-state index contributed by atoms with van der Waals surface area (Å²) in [5.74, 6) is -0.947. The summed E-state index contributed by atoms with van der Waals surface area (Å²) in [5, 5.41) is 13.7. The Labute approximate surface area is 123 Å². The average Bonchev–Trinajstić information content (AvgIpc) is 2.54. The molecule has 0 aliphatic rings. The lowest BCUT2D eigenvalue weighted by molar-refractivity contribution is -0.120. The second-order valence-corrected chi connectivity index (χ2v) is 4.83. The monoisotopic (exact) mass is 285 g/mol. The Hall–Kier alpha value is -2.56. The Morgan fingerprint density at radius 3 is 2.62 bits per heavy atom. The summed E-state index contributed by atoms with van der Waals surface area (Å²) < 4.78 is 0. The fraction of sp³-hybridized carbons (Fsp3) is 0.250. The first-order valence-corrected chi connectivity index (χ1v) is 6.86. The number of amidine groups is 1. The number of nitrogens with two attached hydrogens (primary N) is 1. The van der Waals surface area contributed by atoms with Gasteiger partial charge in [0.1, 0.15) is 0 Å². The van der Waals surface area contributed by atoms with Crippen LogP contribution in [0, 0.1) is 5.92 Å². The molecule has 2 rings (SSSR count). The van der Waals surface area contributed by atoms with Crippen LogP contribution in [-0.2, 0) is 4.79 Å². The van der Waals surface area contributed by atoms with Crippen LogP contribution in [0.5, 0.6) is 0 Å². The highest BCUT2D eigenvalue weighted by Crippen LogP contribution is 2.27. The normalized spacial score (nSPS) is 13.1. The van der Waals surface area contributed by atoms with Gasteiger partial charge in [0.05, 0.1) is 11.6 Å². The number of hydrogen-bond donors (Lipinski definition) is 2. The first kappa shape index (κ1) is 14.8. The molecule has 1 amide bonds. The van der Waals surface area contributed by atoms with E-state index < -0.39 is 5.92 Å². The molecular formula is C16H19N3O2. The fourth-order valence-electron chi connectivity index (χ4n) is 2.34. The van der Waals surface area contributed by atoms with E-state index in [2.05, 4.69) is 5.16 Å². The summed E-state index contributed by atoms with van der Waals surface area (Å²) >= 11 is 0. The molecule has 1 atom stereocenters. The molecule has 0 saturated carbocycles. The molecule has 21 heavy (non-hydrogen) atoms. The van der Waals surface area contributed by atoms with E-state index >= 15 is 0 Å². The molecule has 5 nitrogen and oxygen atoms in total. The largest absolute Gasteiger partial charge is 0.409 e. The Bertz CT molecular complexity index is 677. The summed E-state index contributed by atoms with van der Waals surface area (Å²) in [4.78, 5) is 14.2. The van der Waals surface area contributed by atoms with E-state index in [1.165, 1.54) is 0 Å². The van der Waals surface area contributed by atoms with Crippen LogP contribution >= 0.6 is 0 Å². The number of hydrogen-bond acceptors (Lipinski definition) is 3. The lowest BCUT2D eigenvalue weighted by Gasteiger charge is -2.25. The molecule has 0 heterocycles. The third-order valence-electron chi connectivity index (χ3n) is 3.57. The number of oxime groups is 1. The summed E-state index contributed by atoms with van der Waals surface area (Å²) in [5.41, 5.74) is 6.38. The highest BCUT2D eigenvalue weighted by molar-refractivity contribution is 6.11. The standard InChI is InChI=1S/C16H19N3O2/c1-3-19(16(20)11(2)15(17)18-21)14-10-6-8-12-7-4-5-9-13(12)14/h4-11,21H,3H2,1-2H3,(H2,17,18). The van der Waals surface area contributed by atoms with Crippen molar-refractivity contribution in [1.29, 1.82) is 0 Å². The second-order valence-electron chi connectivity index (χ2n) is 4.83. The molecule has 0 saturated heterocycles. The smallest absolute Gasteiger partial charge is 0.237 e. The van der Waals surface area contributed by atoms with Gasteiger partial charge < -0.3 is 15.8 Å². The lowest BCUT2D eigenvalue weighted by Crippen LogP contribution is -2.40. The first-order valence-electron chi connectivity index (χ1n) is 6.86. The SMILES string of the molecule is CCN(C(=O)C(C)C(N)=NO)c1cccc2ccccc12. The highest BCUT2D eigenvalue weighted by Gasteiger charge is 2.24. The minimum atomic E-state index is -0.672. The summed E-state index contributed by atoms with van der Waals surface area (Å²) in [6, 6.07) is 13.7. The molecule has 2 aromatic rings. The Morgan fingerprint density at radius 1 is 1.29 bits per heavy atom. The molecule has 0 spiro atoms.